The molecule has 0 spiro atoms. The van der Waals surface area contributed by atoms with Crippen molar-refractivity contribution in [2.75, 3.05) is 13.1 Å². The smallest absolute Gasteiger partial charge is 0.243 e. The third kappa shape index (κ3) is 3.53. The summed E-state index contributed by atoms with van der Waals surface area (Å²) >= 11 is 0. The van der Waals surface area contributed by atoms with Crippen LogP contribution in [0.1, 0.15) is 19.8 Å². The van der Waals surface area contributed by atoms with Crippen molar-refractivity contribution in [3.8, 4) is 11.1 Å². The maximum absolute atomic E-state index is 12.8. The van der Waals surface area contributed by atoms with Crippen LogP contribution in [0.3, 0.4) is 0 Å². The maximum Gasteiger partial charge on any atom is 0.243 e. The van der Waals surface area contributed by atoms with Crippen molar-refractivity contribution < 1.29 is 13.5 Å². The summed E-state index contributed by atoms with van der Waals surface area (Å²) in [6.07, 6.45) is 1.18. The zero-order valence-corrected chi connectivity index (χ0v) is 14.6. The first-order valence-corrected chi connectivity index (χ1v) is 9.76. The Morgan fingerprint density at radius 1 is 1.04 bits per heavy atom. The summed E-state index contributed by atoms with van der Waals surface area (Å²) in [5.41, 5.74) is 2.06. The molecule has 4 nitrogen and oxygen atoms in total. The molecule has 2 aromatic carbocycles. The number of hydrogen-bond acceptors (Lipinski definition) is 3. The molecule has 2 atom stereocenters. The lowest BCUT2D eigenvalue weighted by Gasteiger charge is -2.33. The predicted octanol–water partition coefficient (Wildman–Crippen LogP) is 3.14. The zero-order valence-electron chi connectivity index (χ0n) is 13.8. The van der Waals surface area contributed by atoms with Crippen molar-refractivity contribution in [3.05, 3.63) is 54.6 Å². The van der Waals surface area contributed by atoms with Crippen LogP contribution in [-0.2, 0) is 10.0 Å². The second-order valence-electron chi connectivity index (χ2n) is 6.40. The molecule has 0 aliphatic carbocycles. The number of rotatable bonds is 4. The van der Waals surface area contributed by atoms with Crippen molar-refractivity contribution >= 4 is 10.0 Å². The minimum Gasteiger partial charge on any atom is -0.393 e. The standard InChI is InChI=1S/C19H23NO3S/c1-15(21)18-8-5-13-20(14-18)24(22,23)19-11-9-17(10-12-19)16-6-3-2-4-7-16/h2-4,6-7,9-12,15,18,21H,5,8,13-14H2,1H3. The lowest BCUT2D eigenvalue weighted by molar-refractivity contribution is 0.0885. The maximum atomic E-state index is 12.8. The molecular weight excluding hydrogens is 322 g/mol. The Bertz CT molecular complexity index is 770. The highest BCUT2D eigenvalue weighted by Gasteiger charge is 2.31. The highest BCUT2D eigenvalue weighted by Crippen LogP contribution is 2.27. The molecule has 128 valence electrons. The lowest BCUT2D eigenvalue weighted by atomic mass is 9.95. The van der Waals surface area contributed by atoms with E-state index in [2.05, 4.69) is 0 Å². The molecule has 0 radical (unpaired) electrons. The van der Waals surface area contributed by atoms with Gasteiger partial charge in [-0.3, -0.25) is 0 Å². The van der Waals surface area contributed by atoms with Gasteiger partial charge in [0, 0.05) is 13.1 Å². The van der Waals surface area contributed by atoms with Gasteiger partial charge in [0.1, 0.15) is 0 Å². The molecule has 1 fully saturated rings. The van der Waals surface area contributed by atoms with Crippen LogP contribution >= 0.6 is 0 Å². The minimum atomic E-state index is -3.51. The Hall–Kier alpha value is -1.69. The summed E-state index contributed by atoms with van der Waals surface area (Å²) in [7, 11) is -3.51. The molecule has 0 amide bonds. The van der Waals surface area contributed by atoms with Crippen LogP contribution < -0.4 is 0 Å². The number of piperidine rings is 1. The zero-order chi connectivity index (χ0) is 17.2. The van der Waals surface area contributed by atoms with Gasteiger partial charge in [0.25, 0.3) is 0 Å². The summed E-state index contributed by atoms with van der Waals surface area (Å²) in [4.78, 5) is 0.313. The first-order chi connectivity index (χ1) is 11.5. The number of aliphatic hydroxyl groups excluding tert-OH is 1. The average Bonchev–Trinajstić information content (AvgIpc) is 2.62. The third-order valence-electron chi connectivity index (χ3n) is 4.70. The Morgan fingerprint density at radius 2 is 1.67 bits per heavy atom. The monoisotopic (exact) mass is 345 g/mol. The summed E-state index contributed by atoms with van der Waals surface area (Å²) in [5.74, 6) is 0.0112. The molecule has 0 saturated carbocycles. The van der Waals surface area contributed by atoms with Gasteiger partial charge in [-0.25, -0.2) is 8.42 Å². The third-order valence-corrected chi connectivity index (χ3v) is 6.58. The number of nitrogens with zero attached hydrogens (tertiary/aromatic N) is 1. The molecule has 1 heterocycles. The second-order valence-corrected chi connectivity index (χ2v) is 8.33. The van der Waals surface area contributed by atoms with Gasteiger partial charge in [0.05, 0.1) is 11.0 Å². The number of aliphatic hydroxyl groups is 1. The lowest BCUT2D eigenvalue weighted by Crippen LogP contribution is -2.42. The van der Waals surface area contributed by atoms with Crippen molar-refractivity contribution in [3.63, 3.8) is 0 Å². The summed E-state index contributed by atoms with van der Waals surface area (Å²) in [6.45, 7) is 2.64. The topological polar surface area (TPSA) is 57.6 Å². The van der Waals surface area contributed by atoms with Crippen LogP contribution in [-0.4, -0.2) is 37.0 Å². The van der Waals surface area contributed by atoms with Gasteiger partial charge < -0.3 is 5.11 Å². The average molecular weight is 345 g/mol. The summed E-state index contributed by atoms with van der Waals surface area (Å²) in [5, 5.41) is 9.77. The van der Waals surface area contributed by atoms with Gasteiger partial charge in [0.15, 0.2) is 0 Å². The van der Waals surface area contributed by atoms with Gasteiger partial charge in [-0.05, 0) is 48.9 Å². The molecule has 24 heavy (non-hydrogen) atoms. The van der Waals surface area contributed by atoms with Crippen molar-refractivity contribution in [1.29, 1.82) is 0 Å². The number of hydrogen-bond donors (Lipinski definition) is 1. The molecule has 0 bridgehead atoms. The van der Waals surface area contributed by atoms with Crippen LogP contribution in [0, 0.1) is 5.92 Å². The van der Waals surface area contributed by atoms with Crippen LogP contribution in [0.2, 0.25) is 0 Å². The summed E-state index contributed by atoms with van der Waals surface area (Å²) < 4.78 is 27.2. The van der Waals surface area contributed by atoms with E-state index in [9.17, 15) is 13.5 Å². The first kappa shape index (κ1) is 17.1. The van der Waals surface area contributed by atoms with Gasteiger partial charge in [-0.1, -0.05) is 42.5 Å². The highest BCUT2D eigenvalue weighted by molar-refractivity contribution is 7.89. The number of benzene rings is 2. The molecule has 1 aliphatic rings. The van der Waals surface area contributed by atoms with Crippen LogP contribution in [0.4, 0.5) is 0 Å². The largest absolute Gasteiger partial charge is 0.393 e. The molecule has 5 heteroatoms. The van der Waals surface area contributed by atoms with Crippen molar-refractivity contribution in [1.82, 2.24) is 4.31 Å². The van der Waals surface area contributed by atoms with E-state index in [1.165, 1.54) is 4.31 Å². The van der Waals surface area contributed by atoms with E-state index in [0.717, 1.165) is 24.0 Å². The van der Waals surface area contributed by atoms with Crippen molar-refractivity contribution in [2.24, 2.45) is 5.92 Å². The predicted molar refractivity (Wildman–Crippen MR) is 95.0 cm³/mol. The molecule has 3 rings (SSSR count). The fourth-order valence-electron chi connectivity index (χ4n) is 3.19. The Labute approximate surface area is 143 Å². The quantitative estimate of drug-likeness (QED) is 0.926. The van der Waals surface area contributed by atoms with E-state index in [0.29, 0.717) is 18.0 Å². The van der Waals surface area contributed by atoms with E-state index in [1.54, 1.807) is 19.1 Å². The van der Waals surface area contributed by atoms with Crippen LogP contribution in [0.15, 0.2) is 59.5 Å². The van der Waals surface area contributed by atoms with Crippen molar-refractivity contribution in [2.45, 2.75) is 30.8 Å². The van der Waals surface area contributed by atoms with E-state index >= 15 is 0 Å². The molecule has 1 N–H and O–H groups in total. The Morgan fingerprint density at radius 3 is 2.29 bits per heavy atom. The van der Waals surface area contributed by atoms with E-state index in [1.807, 2.05) is 42.5 Å². The molecule has 1 saturated heterocycles. The molecular formula is C19H23NO3S. The van der Waals surface area contributed by atoms with E-state index in [-0.39, 0.29) is 5.92 Å². The fraction of sp³-hybridized carbons (Fsp3) is 0.368. The van der Waals surface area contributed by atoms with Gasteiger partial charge in [0.2, 0.25) is 10.0 Å². The summed E-state index contributed by atoms with van der Waals surface area (Å²) in [6, 6.07) is 16.9. The van der Waals surface area contributed by atoms with E-state index in [4.69, 9.17) is 0 Å². The minimum absolute atomic E-state index is 0.0112. The van der Waals surface area contributed by atoms with Gasteiger partial charge >= 0.3 is 0 Å². The van der Waals surface area contributed by atoms with Gasteiger partial charge in [-0.2, -0.15) is 4.31 Å². The fourth-order valence-corrected chi connectivity index (χ4v) is 4.72. The number of sulfonamides is 1. The Balaban J connectivity index is 1.82. The second kappa shape index (κ2) is 7.05. The van der Waals surface area contributed by atoms with Crippen LogP contribution in [0.25, 0.3) is 11.1 Å². The normalized spacial score (nSPS) is 20.7. The van der Waals surface area contributed by atoms with Gasteiger partial charge in [-0.15, -0.1) is 0 Å². The molecule has 2 unspecified atom stereocenters. The highest BCUT2D eigenvalue weighted by atomic mass is 32.2. The SMILES string of the molecule is CC(O)C1CCCN(S(=O)(=O)c2ccc(-c3ccccc3)cc2)C1. The molecule has 0 aromatic heterocycles. The molecule has 2 aromatic rings. The first-order valence-electron chi connectivity index (χ1n) is 8.32. The van der Waals surface area contributed by atoms with E-state index < -0.39 is 16.1 Å². The van der Waals surface area contributed by atoms with Crippen LogP contribution in [0.5, 0.6) is 0 Å². The Kier molecular flexibility index (Phi) is 5.04. The molecule has 1 aliphatic heterocycles.